The Morgan fingerprint density at radius 2 is 1.53 bits per heavy atom. The van der Waals surface area contributed by atoms with Crippen LogP contribution in [0, 0.1) is 5.82 Å². The summed E-state index contributed by atoms with van der Waals surface area (Å²) in [4.78, 5) is 37.1. The summed E-state index contributed by atoms with van der Waals surface area (Å²) in [7, 11) is -3.37. The third kappa shape index (κ3) is 3.57. The molecule has 0 radical (unpaired) electrons. The molecule has 1 aliphatic heterocycles. The van der Waals surface area contributed by atoms with Crippen LogP contribution in [-0.4, -0.2) is 32.3 Å². The van der Waals surface area contributed by atoms with Crippen molar-refractivity contribution in [1.29, 1.82) is 0 Å². The highest BCUT2D eigenvalue weighted by Gasteiger charge is 2.42. The molecule has 1 saturated heterocycles. The molecule has 1 unspecified atom stereocenters. The lowest BCUT2D eigenvalue weighted by molar-refractivity contribution is -0.135. The van der Waals surface area contributed by atoms with Gasteiger partial charge in [-0.25, -0.2) is 12.8 Å². The summed E-state index contributed by atoms with van der Waals surface area (Å²) in [6.45, 7) is 0. The van der Waals surface area contributed by atoms with Gasteiger partial charge in [-0.2, -0.15) is 0 Å². The lowest BCUT2D eigenvalue weighted by Gasteiger charge is -2.06. The number of rotatable bonds is 4. The standard InChI is InChI=1S/C21H14FNO5S2/c1-30(27,28)14-8-4-11(5-9-14)15-10-16(17-18(24)21(26)23-20(17)25)29-19(15)12-2-6-13(22)7-3-12/h2-10,17H,1H3,(H,23,25,26). The van der Waals surface area contributed by atoms with Gasteiger partial charge < -0.3 is 0 Å². The van der Waals surface area contributed by atoms with Crippen molar-refractivity contribution in [2.45, 2.75) is 10.8 Å². The second-order valence-electron chi connectivity index (χ2n) is 6.81. The molecule has 1 aliphatic rings. The van der Waals surface area contributed by atoms with Gasteiger partial charge in [0.1, 0.15) is 11.7 Å². The van der Waals surface area contributed by atoms with E-state index in [9.17, 15) is 27.2 Å². The molecular weight excluding hydrogens is 429 g/mol. The fraction of sp³-hybridized carbons (Fsp3) is 0.0952. The fourth-order valence-electron chi connectivity index (χ4n) is 3.22. The Balaban J connectivity index is 1.87. The van der Waals surface area contributed by atoms with Gasteiger partial charge in [0.15, 0.2) is 9.84 Å². The monoisotopic (exact) mass is 443 g/mol. The maximum atomic E-state index is 13.4. The number of thiophene rings is 1. The van der Waals surface area contributed by atoms with E-state index in [-0.39, 0.29) is 4.90 Å². The predicted molar refractivity (Wildman–Crippen MR) is 109 cm³/mol. The lowest BCUT2D eigenvalue weighted by atomic mass is 9.99. The largest absolute Gasteiger partial charge is 0.295 e. The molecule has 2 amide bonds. The van der Waals surface area contributed by atoms with E-state index in [0.29, 0.717) is 26.4 Å². The second-order valence-corrected chi connectivity index (χ2v) is 9.91. The average Bonchev–Trinajstić information content (AvgIpc) is 3.22. The van der Waals surface area contributed by atoms with Crippen LogP contribution in [0.15, 0.2) is 59.5 Å². The van der Waals surface area contributed by atoms with Crippen LogP contribution in [-0.2, 0) is 24.2 Å². The van der Waals surface area contributed by atoms with E-state index in [4.69, 9.17) is 0 Å². The molecular formula is C21H14FNO5S2. The molecule has 2 aromatic carbocycles. The number of halogens is 1. The summed E-state index contributed by atoms with van der Waals surface area (Å²) in [5.41, 5.74) is 1.95. The van der Waals surface area contributed by atoms with Crippen LogP contribution < -0.4 is 5.32 Å². The normalized spacial score (nSPS) is 16.7. The molecule has 4 rings (SSSR count). The van der Waals surface area contributed by atoms with E-state index in [1.165, 1.54) is 24.3 Å². The van der Waals surface area contributed by atoms with Crippen LogP contribution in [0.25, 0.3) is 21.6 Å². The number of hydrogen-bond donors (Lipinski definition) is 1. The van der Waals surface area contributed by atoms with Gasteiger partial charge >= 0.3 is 0 Å². The summed E-state index contributed by atoms with van der Waals surface area (Å²) in [5, 5.41) is 2.02. The molecule has 6 nitrogen and oxygen atoms in total. The van der Waals surface area contributed by atoms with Crippen molar-refractivity contribution in [2.24, 2.45) is 0 Å². The van der Waals surface area contributed by atoms with Crippen molar-refractivity contribution in [3.05, 3.63) is 65.3 Å². The Kier molecular flexibility index (Phi) is 4.87. The van der Waals surface area contributed by atoms with Gasteiger partial charge in [-0.3, -0.25) is 19.7 Å². The number of ketones is 1. The van der Waals surface area contributed by atoms with Gasteiger partial charge in [-0.1, -0.05) is 24.3 Å². The molecule has 152 valence electrons. The van der Waals surface area contributed by atoms with Gasteiger partial charge in [0.05, 0.1) is 4.90 Å². The number of carbonyl (C=O) groups excluding carboxylic acids is 3. The quantitative estimate of drug-likeness (QED) is 0.380. The number of imide groups is 1. The number of carbonyl (C=O) groups is 3. The summed E-state index contributed by atoms with van der Waals surface area (Å²) in [6.07, 6.45) is 1.11. The molecule has 0 spiro atoms. The van der Waals surface area contributed by atoms with Crippen molar-refractivity contribution in [1.82, 2.24) is 5.32 Å². The van der Waals surface area contributed by atoms with Crippen molar-refractivity contribution in [2.75, 3.05) is 6.26 Å². The van der Waals surface area contributed by atoms with Crippen LogP contribution in [0.3, 0.4) is 0 Å². The van der Waals surface area contributed by atoms with Crippen molar-refractivity contribution in [3.8, 4) is 21.6 Å². The summed E-state index contributed by atoms with van der Waals surface area (Å²) < 4.78 is 36.9. The molecule has 1 N–H and O–H groups in total. The number of amides is 2. The topological polar surface area (TPSA) is 97.4 Å². The third-order valence-corrected chi connectivity index (χ3v) is 7.10. The third-order valence-electron chi connectivity index (χ3n) is 4.72. The highest BCUT2D eigenvalue weighted by atomic mass is 32.2. The maximum Gasteiger partial charge on any atom is 0.295 e. The molecule has 0 aliphatic carbocycles. The maximum absolute atomic E-state index is 13.4. The van der Waals surface area contributed by atoms with Crippen LogP contribution in [0.1, 0.15) is 10.8 Å². The molecule has 0 bridgehead atoms. The molecule has 0 saturated carbocycles. The summed E-state index contributed by atoms with van der Waals surface area (Å²) in [6, 6.07) is 13.5. The summed E-state index contributed by atoms with van der Waals surface area (Å²) >= 11 is 1.16. The Bertz CT molecular complexity index is 1290. The van der Waals surface area contributed by atoms with E-state index >= 15 is 0 Å². The predicted octanol–water partition coefficient (Wildman–Crippen LogP) is 2.93. The van der Waals surface area contributed by atoms with E-state index in [1.54, 1.807) is 30.3 Å². The molecule has 3 aromatic rings. The van der Waals surface area contributed by atoms with Gasteiger partial charge in [0.2, 0.25) is 11.7 Å². The Hall–Kier alpha value is -3.17. The minimum atomic E-state index is -3.37. The van der Waals surface area contributed by atoms with Crippen LogP contribution >= 0.6 is 11.3 Å². The Morgan fingerprint density at radius 1 is 0.933 bits per heavy atom. The van der Waals surface area contributed by atoms with Crippen molar-refractivity contribution >= 4 is 38.8 Å². The first kappa shape index (κ1) is 20.1. The smallest absolute Gasteiger partial charge is 0.289 e. The van der Waals surface area contributed by atoms with Gasteiger partial charge in [-0.15, -0.1) is 11.3 Å². The highest BCUT2D eigenvalue weighted by molar-refractivity contribution is 7.90. The molecule has 1 atom stereocenters. The Labute approximate surface area is 175 Å². The van der Waals surface area contributed by atoms with Crippen LogP contribution in [0.2, 0.25) is 0 Å². The zero-order chi connectivity index (χ0) is 21.6. The van der Waals surface area contributed by atoms with E-state index in [2.05, 4.69) is 0 Å². The summed E-state index contributed by atoms with van der Waals surface area (Å²) in [5.74, 6) is -4.10. The minimum absolute atomic E-state index is 0.154. The zero-order valence-electron chi connectivity index (χ0n) is 15.5. The molecule has 1 aromatic heterocycles. The SMILES string of the molecule is CS(=O)(=O)c1ccc(-c2cc(C3C(=O)NC(=O)C3=O)sc2-c2ccc(F)cc2)cc1. The number of benzene rings is 2. The second kappa shape index (κ2) is 7.26. The molecule has 2 heterocycles. The number of hydrogen-bond acceptors (Lipinski definition) is 6. The first-order valence-electron chi connectivity index (χ1n) is 8.74. The minimum Gasteiger partial charge on any atom is -0.289 e. The van der Waals surface area contributed by atoms with Gasteiger partial charge in [-0.05, 0) is 41.5 Å². The van der Waals surface area contributed by atoms with Gasteiger partial charge in [0.25, 0.3) is 5.91 Å². The number of sulfone groups is 1. The van der Waals surface area contributed by atoms with E-state index in [0.717, 1.165) is 17.6 Å². The molecule has 1 fully saturated rings. The van der Waals surface area contributed by atoms with Crippen LogP contribution in [0.4, 0.5) is 4.39 Å². The fourth-order valence-corrected chi connectivity index (χ4v) is 5.13. The average molecular weight is 443 g/mol. The van der Waals surface area contributed by atoms with E-state index < -0.39 is 39.2 Å². The number of Topliss-reactive ketones (excluding diaryl/α,β-unsaturated/α-hetero) is 1. The lowest BCUT2D eigenvalue weighted by Crippen LogP contribution is -2.21. The molecule has 30 heavy (non-hydrogen) atoms. The van der Waals surface area contributed by atoms with Crippen molar-refractivity contribution in [3.63, 3.8) is 0 Å². The highest BCUT2D eigenvalue weighted by Crippen LogP contribution is 2.43. The van der Waals surface area contributed by atoms with E-state index in [1.807, 2.05) is 5.32 Å². The Morgan fingerprint density at radius 3 is 2.07 bits per heavy atom. The number of nitrogens with one attached hydrogen (secondary N) is 1. The zero-order valence-corrected chi connectivity index (χ0v) is 17.1. The van der Waals surface area contributed by atoms with Gasteiger partial charge in [0, 0.05) is 21.6 Å². The van der Waals surface area contributed by atoms with Crippen molar-refractivity contribution < 1.29 is 27.2 Å². The first-order chi connectivity index (χ1) is 14.1. The van der Waals surface area contributed by atoms with Crippen LogP contribution in [0.5, 0.6) is 0 Å². The molecule has 9 heteroatoms. The first-order valence-corrected chi connectivity index (χ1v) is 11.4.